The monoisotopic (exact) mass is 414 g/mol. The van der Waals surface area contributed by atoms with Crippen molar-refractivity contribution in [2.75, 3.05) is 15.6 Å². The van der Waals surface area contributed by atoms with Gasteiger partial charge in [0.1, 0.15) is 5.82 Å². The number of rotatable bonds is 7. The zero-order chi connectivity index (χ0) is 21.7. The standard InChI is InChI=1S/C20H27FN8O/c21-15-11-14(18(24)30)19(28-20(15)27-17-7-2-1-6-16(17)23)26-12-4-3-5-13(10-12)29(25)9-8-22/h3-5,8-11,16-17H,1-2,6-7,22-23,25H2,(H2,24,30)(H2,26,27,28)/b9-8-/t16-,17+/m0/s1. The zero-order valence-corrected chi connectivity index (χ0v) is 16.5. The highest BCUT2D eigenvalue weighted by molar-refractivity contribution is 5.98. The van der Waals surface area contributed by atoms with Gasteiger partial charge in [-0.3, -0.25) is 9.80 Å². The van der Waals surface area contributed by atoms with Crippen LogP contribution < -0.4 is 38.7 Å². The number of aromatic nitrogens is 1. The molecule has 9 nitrogen and oxygen atoms in total. The van der Waals surface area contributed by atoms with Gasteiger partial charge in [-0.1, -0.05) is 18.9 Å². The molecule has 0 unspecified atom stereocenters. The number of benzene rings is 1. The Kier molecular flexibility index (Phi) is 6.70. The summed E-state index contributed by atoms with van der Waals surface area (Å²) in [7, 11) is 0. The number of nitrogens with two attached hydrogens (primary N) is 4. The fraction of sp³-hybridized carbons (Fsp3) is 0.300. The maximum atomic E-state index is 14.6. The van der Waals surface area contributed by atoms with Crippen LogP contribution in [-0.4, -0.2) is 23.0 Å². The number of nitrogens with zero attached hydrogens (tertiary/aromatic N) is 2. The van der Waals surface area contributed by atoms with Crippen molar-refractivity contribution in [3.8, 4) is 0 Å². The fourth-order valence-electron chi connectivity index (χ4n) is 3.45. The average Bonchev–Trinajstić information content (AvgIpc) is 2.72. The van der Waals surface area contributed by atoms with Gasteiger partial charge in [0.15, 0.2) is 11.6 Å². The van der Waals surface area contributed by atoms with Crippen LogP contribution in [0, 0.1) is 5.82 Å². The fourth-order valence-corrected chi connectivity index (χ4v) is 3.45. The van der Waals surface area contributed by atoms with Crippen molar-refractivity contribution >= 4 is 28.9 Å². The van der Waals surface area contributed by atoms with Crippen LogP contribution in [0.25, 0.3) is 0 Å². The lowest BCUT2D eigenvalue weighted by Gasteiger charge is -2.30. The van der Waals surface area contributed by atoms with Crippen LogP contribution in [0.15, 0.2) is 42.7 Å². The highest BCUT2D eigenvalue weighted by Crippen LogP contribution is 2.28. The van der Waals surface area contributed by atoms with Gasteiger partial charge >= 0.3 is 0 Å². The molecule has 1 aliphatic carbocycles. The Bertz CT molecular complexity index is 935. The molecule has 0 aliphatic heterocycles. The second-order valence-electron chi connectivity index (χ2n) is 7.20. The number of nitrogens with one attached hydrogen (secondary N) is 2. The molecule has 0 saturated heterocycles. The summed E-state index contributed by atoms with van der Waals surface area (Å²) in [6.07, 6.45) is 6.54. The Balaban J connectivity index is 1.91. The number of hydrogen-bond acceptors (Lipinski definition) is 8. The highest BCUT2D eigenvalue weighted by Gasteiger charge is 2.24. The Hall–Kier alpha value is -3.37. The summed E-state index contributed by atoms with van der Waals surface area (Å²) in [5.74, 6) is 4.57. The van der Waals surface area contributed by atoms with Crippen molar-refractivity contribution in [2.24, 2.45) is 23.0 Å². The summed E-state index contributed by atoms with van der Waals surface area (Å²) >= 11 is 0. The number of hydrazine groups is 1. The zero-order valence-electron chi connectivity index (χ0n) is 16.5. The Morgan fingerprint density at radius 1 is 1.23 bits per heavy atom. The molecule has 1 aliphatic rings. The molecule has 1 aromatic heterocycles. The van der Waals surface area contributed by atoms with Gasteiger partial charge in [0.05, 0.1) is 11.3 Å². The van der Waals surface area contributed by atoms with Gasteiger partial charge in [-0.15, -0.1) is 0 Å². The van der Waals surface area contributed by atoms with E-state index in [1.165, 1.54) is 17.4 Å². The molecule has 1 saturated carbocycles. The number of carbonyl (C=O) groups excluding carboxylic acids is 1. The second kappa shape index (κ2) is 9.42. The second-order valence-corrected chi connectivity index (χ2v) is 7.20. The first-order valence-electron chi connectivity index (χ1n) is 9.71. The minimum Gasteiger partial charge on any atom is -0.403 e. The van der Waals surface area contributed by atoms with Crippen molar-refractivity contribution in [1.29, 1.82) is 0 Å². The number of hydrogen-bond donors (Lipinski definition) is 6. The smallest absolute Gasteiger partial charge is 0.252 e. The summed E-state index contributed by atoms with van der Waals surface area (Å²) in [5.41, 5.74) is 18.1. The van der Waals surface area contributed by atoms with Gasteiger partial charge in [0.2, 0.25) is 0 Å². The quantitative estimate of drug-likeness (QED) is 0.295. The summed E-state index contributed by atoms with van der Waals surface area (Å²) in [5, 5.41) is 7.43. The number of carbonyl (C=O) groups is 1. The number of primary amides is 1. The molecule has 3 rings (SSSR count). The normalized spacial score (nSPS) is 18.9. The number of amides is 1. The molecule has 2 aromatic rings. The molecule has 30 heavy (non-hydrogen) atoms. The molecule has 1 aromatic carbocycles. The average molecular weight is 414 g/mol. The van der Waals surface area contributed by atoms with Crippen LogP contribution in [0.4, 0.5) is 27.4 Å². The lowest BCUT2D eigenvalue weighted by Crippen LogP contribution is -2.43. The van der Waals surface area contributed by atoms with E-state index in [4.69, 9.17) is 23.0 Å². The van der Waals surface area contributed by atoms with E-state index in [-0.39, 0.29) is 29.3 Å². The molecular weight excluding hydrogens is 387 g/mol. The maximum absolute atomic E-state index is 14.6. The molecule has 1 amide bonds. The summed E-state index contributed by atoms with van der Waals surface area (Å²) in [6.45, 7) is 0. The van der Waals surface area contributed by atoms with E-state index >= 15 is 0 Å². The molecule has 1 heterocycles. The van der Waals surface area contributed by atoms with E-state index in [1.807, 2.05) is 0 Å². The Morgan fingerprint density at radius 3 is 2.70 bits per heavy atom. The lowest BCUT2D eigenvalue weighted by molar-refractivity contribution is 0.100. The van der Waals surface area contributed by atoms with Crippen LogP contribution in [0.5, 0.6) is 0 Å². The van der Waals surface area contributed by atoms with Crippen LogP contribution in [0.2, 0.25) is 0 Å². The minimum absolute atomic E-state index is 0.0209. The molecule has 160 valence electrons. The van der Waals surface area contributed by atoms with E-state index in [9.17, 15) is 9.18 Å². The van der Waals surface area contributed by atoms with Crippen molar-refractivity contribution in [3.63, 3.8) is 0 Å². The first-order valence-corrected chi connectivity index (χ1v) is 9.71. The Labute approximate surface area is 174 Å². The Morgan fingerprint density at radius 2 is 2.00 bits per heavy atom. The van der Waals surface area contributed by atoms with E-state index in [0.717, 1.165) is 31.7 Å². The number of halogens is 1. The van der Waals surface area contributed by atoms with Gasteiger partial charge in [-0.05, 0) is 37.1 Å². The largest absolute Gasteiger partial charge is 0.403 e. The van der Waals surface area contributed by atoms with E-state index in [1.54, 1.807) is 24.3 Å². The number of anilines is 4. The summed E-state index contributed by atoms with van der Waals surface area (Å²) in [4.78, 5) is 16.2. The van der Waals surface area contributed by atoms with Gasteiger partial charge in [-0.2, -0.15) is 0 Å². The molecule has 0 bridgehead atoms. The molecular formula is C20H27FN8O. The van der Waals surface area contributed by atoms with Crippen LogP contribution in [0.1, 0.15) is 36.0 Å². The van der Waals surface area contributed by atoms with E-state index < -0.39 is 11.7 Å². The SMILES string of the molecule is N/C=C\N(N)c1cccc(Nc2nc(N[C@@H]3CCCC[C@@H]3N)c(F)cc2C(N)=O)c1. The predicted molar refractivity (Wildman–Crippen MR) is 116 cm³/mol. The summed E-state index contributed by atoms with van der Waals surface area (Å²) < 4.78 is 14.6. The van der Waals surface area contributed by atoms with Gasteiger partial charge in [0, 0.05) is 30.2 Å². The van der Waals surface area contributed by atoms with Gasteiger partial charge in [-0.25, -0.2) is 15.2 Å². The van der Waals surface area contributed by atoms with E-state index in [0.29, 0.717) is 11.4 Å². The minimum atomic E-state index is -0.799. The molecule has 0 radical (unpaired) electrons. The first-order chi connectivity index (χ1) is 14.4. The third-order valence-corrected chi connectivity index (χ3v) is 5.04. The van der Waals surface area contributed by atoms with Crippen LogP contribution in [-0.2, 0) is 0 Å². The maximum Gasteiger partial charge on any atom is 0.252 e. The first kappa shape index (κ1) is 21.3. The van der Waals surface area contributed by atoms with Crippen molar-refractivity contribution in [3.05, 3.63) is 54.1 Å². The molecule has 0 spiro atoms. The van der Waals surface area contributed by atoms with Gasteiger partial charge in [0.25, 0.3) is 5.91 Å². The van der Waals surface area contributed by atoms with Crippen LogP contribution in [0.3, 0.4) is 0 Å². The topological polar surface area (TPSA) is 161 Å². The molecule has 2 atom stereocenters. The van der Waals surface area contributed by atoms with E-state index in [2.05, 4.69) is 15.6 Å². The number of pyridine rings is 1. The van der Waals surface area contributed by atoms with Crippen molar-refractivity contribution in [1.82, 2.24) is 4.98 Å². The lowest BCUT2D eigenvalue weighted by atomic mass is 9.91. The third-order valence-electron chi connectivity index (χ3n) is 5.04. The predicted octanol–water partition coefficient (Wildman–Crippen LogP) is 1.85. The molecule has 10 heteroatoms. The van der Waals surface area contributed by atoms with Crippen molar-refractivity contribution < 1.29 is 9.18 Å². The third kappa shape index (κ3) is 4.97. The van der Waals surface area contributed by atoms with Crippen LogP contribution >= 0.6 is 0 Å². The van der Waals surface area contributed by atoms with Gasteiger partial charge < -0.3 is 27.8 Å². The van der Waals surface area contributed by atoms with Crippen molar-refractivity contribution in [2.45, 2.75) is 37.8 Å². The molecule has 1 fully saturated rings. The summed E-state index contributed by atoms with van der Waals surface area (Å²) in [6, 6.07) is 7.90. The molecule has 10 N–H and O–H groups in total. The highest BCUT2D eigenvalue weighted by atomic mass is 19.1.